The lowest BCUT2D eigenvalue weighted by atomic mass is 10.2. The fraction of sp³-hybridized carbons (Fsp3) is 0. The zero-order valence-corrected chi connectivity index (χ0v) is 14.2. The minimum Gasteiger partial charge on any atom is -0.444 e. The predicted octanol–water partition coefficient (Wildman–Crippen LogP) is 4.95. The number of rotatable bonds is 4. The van der Waals surface area contributed by atoms with E-state index in [2.05, 4.69) is 10.3 Å². The number of nitrogens with zero attached hydrogens (tertiary/aromatic N) is 2. The van der Waals surface area contributed by atoms with Gasteiger partial charge in [0.15, 0.2) is 5.69 Å². The number of carbonyl (C=O) groups is 1. The van der Waals surface area contributed by atoms with Gasteiger partial charge in [-0.2, -0.15) is 4.39 Å². The van der Waals surface area contributed by atoms with E-state index in [9.17, 15) is 19.3 Å². The first-order chi connectivity index (χ1) is 12.3. The molecule has 0 saturated heterocycles. The molecule has 0 saturated carbocycles. The number of benzene rings is 2. The fourth-order valence-corrected chi connectivity index (χ4v) is 2.37. The normalized spacial score (nSPS) is 10.6. The summed E-state index contributed by atoms with van der Waals surface area (Å²) in [6.45, 7) is 0. The second-order valence-electron chi connectivity index (χ2n) is 5.04. The van der Waals surface area contributed by atoms with Gasteiger partial charge in [-0.15, -0.1) is 0 Å². The molecule has 26 heavy (non-hydrogen) atoms. The lowest BCUT2D eigenvalue weighted by molar-refractivity contribution is -0.387. The summed E-state index contributed by atoms with van der Waals surface area (Å²) in [5, 5.41) is 13.6. The molecule has 7 nitrogen and oxygen atoms in total. The van der Waals surface area contributed by atoms with Crippen LogP contribution in [0.4, 0.5) is 15.8 Å². The van der Waals surface area contributed by atoms with Crippen LogP contribution in [0.1, 0.15) is 10.5 Å². The maximum atomic E-state index is 13.6. The molecule has 0 aliphatic heterocycles. The van der Waals surface area contributed by atoms with E-state index < -0.39 is 22.3 Å². The molecule has 0 atom stereocenters. The standard InChI is InChI=1S/C16H8Cl2FN3O4/c17-10-3-1-8(5-11(10)18)16-21-13(7-26-16)15(23)20-9-2-4-14(22(24)25)12(19)6-9/h1-7H,(H,20,23). The monoisotopic (exact) mass is 395 g/mol. The largest absolute Gasteiger partial charge is 0.444 e. The van der Waals surface area contributed by atoms with Gasteiger partial charge in [0.1, 0.15) is 6.26 Å². The number of anilines is 1. The summed E-state index contributed by atoms with van der Waals surface area (Å²) in [6.07, 6.45) is 1.12. The summed E-state index contributed by atoms with van der Waals surface area (Å²) in [7, 11) is 0. The van der Waals surface area contributed by atoms with Crippen LogP contribution >= 0.6 is 23.2 Å². The van der Waals surface area contributed by atoms with E-state index in [1.807, 2.05) is 0 Å². The Kier molecular flexibility index (Phi) is 4.88. The SMILES string of the molecule is O=C(Nc1ccc([N+](=O)[O-])c(F)c1)c1coc(-c2ccc(Cl)c(Cl)c2)n1. The summed E-state index contributed by atoms with van der Waals surface area (Å²) >= 11 is 11.8. The summed E-state index contributed by atoms with van der Waals surface area (Å²) in [5.41, 5.74) is -0.201. The molecular weight excluding hydrogens is 388 g/mol. The van der Waals surface area contributed by atoms with Crippen molar-refractivity contribution < 1.29 is 18.5 Å². The Balaban J connectivity index is 1.79. The number of aromatic nitrogens is 1. The lowest BCUT2D eigenvalue weighted by Gasteiger charge is -2.03. The van der Waals surface area contributed by atoms with Crippen LogP contribution in [-0.2, 0) is 0 Å². The van der Waals surface area contributed by atoms with Crippen molar-refractivity contribution in [2.45, 2.75) is 0 Å². The smallest absolute Gasteiger partial charge is 0.304 e. The Morgan fingerprint density at radius 1 is 1.19 bits per heavy atom. The van der Waals surface area contributed by atoms with Gasteiger partial charge < -0.3 is 9.73 Å². The molecular formula is C16H8Cl2FN3O4. The minimum absolute atomic E-state index is 0.0391. The zero-order chi connectivity index (χ0) is 18.8. The van der Waals surface area contributed by atoms with Gasteiger partial charge in [0.05, 0.1) is 15.0 Å². The summed E-state index contributed by atoms with van der Waals surface area (Å²) in [6, 6.07) is 7.71. The number of halogens is 3. The van der Waals surface area contributed by atoms with E-state index >= 15 is 0 Å². The number of nitro benzene ring substituents is 1. The number of amides is 1. The number of nitrogens with one attached hydrogen (secondary N) is 1. The van der Waals surface area contributed by atoms with Crippen LogP contribution in [-0.4, -0.2) is 15.8 Å². The number of carbonyl (C=O) groups excluding carboxylic acids is 1. The molecule has 132 valence electrons. The molecule has 1 aromatic heterocycles. The van der Waals surface area contributed by atoms with Gasteiger partial charge in [-0.1, -0.05) is 23.2 Å². The van der Waals surface area contributed by atoms with Crippen molar-refractivity contribution in [3.05, 3.63) is 74.3 Å². The number of oxazole rings is 1. The van der Waals surface area contributed by atoms with E-state index in [1.54, 1.807) is 12.1 Å². The molecule has 0 bridgehead atoms. The van der Waals surface area contributed by atoms with Crippen molar-refractivity contribution in [1.29, 1.82) is 0 Å². The highest BCUT2D eigenvalue weighted by Crippen LogP contribution is 2.28. The summed E-state index contributed by atoms with van der Waals surface area (Å²) in [5.74, 6) is -1.60. The minimum atomic E-state index is -1.07. The van der Waals surface area contributed by atoms with Crippen molar-refractivity contribution in [1.82, 2.24) is 4.98 Å². The molecule has 0 aliphatic rings. The van der Waals surface area contributed by atoms with Crippen LogP contribution in [0.15, 0.2) is 47.1 Å². The van der Waals surface area contributed by atoms with Crippen LogP contribution in [0.25, 0.3) is 11.5 Å². The highest BCUT2D eigenvalue weighted by atomic mass is 35.5. The average molecular weight is 396 g/mol. The highest BCUT2D eigenvalue weighted by Gasteiger charge is 2.17. The first-order valence-corrected chi connectivity index (χ1v) is 7.77. The van der Waals surface area contributed by atoms with Gasteiger partial charge in [-0.3, -0.25) is 14.9 Å². The lowest BCUT2D eigenvalue weighted by Crippen LogP contribution is -2.12. The second kappa shape index (κ2) is 7.11. The van der Waals surface area contributed by atoms with E-state index in [-0.39, 0.29) is 17.3 Å². The number of hydrogen-bond donors (Lipinski definition) is 1. The summed E-state index contributed by atoms with van der Waals surface area (Å²) < 4.78 is 18.8. The van der Waals surface area contributed by atoms with Crippen molar-refractivity contribution >= 4 is 40.5 Å². The van der Waals surface area contributed by atoms with Crippen molar-refractivity contribution in [2.24, 2.45) is 0 Å². The van der Waals surface area contributed by atoms with Crippen LogP contribution in [0.2, 0.25) is 10.0 Å². The fourth-order valence-electron chi connectivity index (χ4n) is 2.07. The van der Waals surface area contributed by atoms with E-state index in [1.165, 1.54) is 12.1 Å². The predicted molar refractivity (Wildman–Crippen MR) is 93.0 cm³/mol. The van der Waals surface area contributed by atoms with Crippen LogP contribution in [0, 0.1) is 15.9 Å². The van der Waals surface area contributed by atoms with E-state index in [4.69, 9.17) is 27.6 Å². The van der Waals surface area contributed by atoms with E-state index in [0.29, 0.717) is 15.6 Å². The Morgan fingerprint density at radius 3 is 2.62 bits per heavy atom. The average Bonchev–Trinajstić information content (AvgIpc) is 3.07. The highest BCUT2D eigenvalue weighted by molar-refractivity contribution is 6.42. The second-order valence-corrected chi connectivity index (χ2v) is 5.86. The van der Waals surface area contributed by atoms with Gasteiger partial charge in [0.2, 0.25) is 11.7 Å². The van der Waals surface area contributed by atoms with Crippen molar-refractivity contribution in [3.63, 3.8) is 0 Å². The number of hydrogen-bond acceptors (Lipinski definition) is 5. The molecule has 0 fully saturated rings. The van der Waals surface area contributed by atoms with Crippen LogP contribution in [0.5, 0.6) is 0 Å². The molecule has 10 heteroatoms. The molecule has 3 rings (SSSR count). The topological polar surface area (TPSA) is 98.3 Å². The molecule has 1 heterocycles. The zero-order valence-electron chi connectivity index (χ0n) is 12.7. The van der Waals surface area contributed by atoms with E-state index in [0.717, 1.165) is 18.4 Å². The first kappa shape index (κ1) is 17.8. The number of nitro groups is 1. The van der Waals surface area contributed by atoms with Gasteiger partial charge >= 0.3 is 5.69 Å². The maximum absolute atomic E-state index is 13.6. The van der Waals surface area contributed by atoms with Crippen molar-refractivity contribution in [2.75, 3.05) is 5.32 Å². The molecule has 0 aliphatic carbocycles. The molecule has 3 aromatic rings. The van der Waals surface area contributed by atoms with Gasteiger partial charge in [-0.25, -0.2) is 4.98 Å². The maximum Gasteiger partial charge on any atom is 0.304 e. The molecule has 0 spiro atoms. The molecule has 1 N–H and O–H groups in total. The molecule has 1 amide bonds. The molecule has 0 unspecified atom stereocenters. The third-order valence-electron chi connectivity index (χ3n) is 3.31. The first-order valence-electron chi connectivity index (χ1n) is 7.01. The Hall–Kier alpha value is -2.97. The third-order valence-corrected chi connectivity index (χ3v) is 4.04. The Bertz CT molecular complexity index is 1020. The third kappa shape index (κ3) is 3.66. The van der Waals surface area contributed by atoms with Crippen molar-refractivity contribution in [3.8, 4) is 11.5 Å². The summed E-state index contributed by atoms with van der Waals surface area (Å²) in [4.78, 5) is 25.9. The van der Waals surface area contributed by atoms with Gasteiger partial charge in [0, 0.05) is 23.4 Å². The van der Waals surface area contributed by atoms with Gasteiger partial charge in [-0.05, 0) is 24.3 Å². The molecule has 0 radical (unpaired) electrons. The van der Waals surface area contributed by atoms with Gasteiger partial charge in [0.25, 0.3) is 5.91 Å². The molecule has 2 aromatic carbocycles. The Labute approximate surface area is 155 Å². The quantitative estimate of drug-likeness (QED) is 0.497. The van der Waals surface area contributed by atoms with Crippen LogP contribution < -0.4 is 5.32 Å². The van der Waals surface area contributed by atoms with Crippen LogP contribution in [0.3, 0.4) is 0 Å². The Morgan fingerprint density at radius 2 is 1.96 bits per heavy atom.